The lowest BCUT2D eigenvalue weighted by Crippen LogP contribution is -2.33. The van der Waals surface area contributed by atoms with Gasteiger partial charge in [0.2, 0.25) is 5.52 Å². The molecule has 0 saturated carbocycles. The van der Waals surface area contributed by atoms with Gasteiger partial charge in [0.05, 0.1) is 10.7 Å². The molecule has 0 aliphatic carbocycles. The minimum atomic E-state index is 0.986. The van der Waals surface area contributed by atoms with Gasteiger partial charge in [-0.25, -0.2) is 0 Å². The Morgan fingerprint density at radius 1 is 1.04 bits per heavy atom. The third kappa shape index (κ3) is 3.44. The van der Waals surface area contributed by atoms with E-state index in [1.165, 1.54) is 42.0 Å². The first kappa shape index (κ1) is 18.3. The second-order valence-electron chi connectivity index (χ2n) is 6.84. The molecule has 1 aliphatic heterocycles. The molecule has 4 rings (SSSR count). The number of rotatable bonds is 4. The van der Waals surface area contributed by atoms with Crippen molar-refractivity contribution in [2.45, 2.75) is 39.1 Å². The molecule has 138 valence electrons. The molecule has 4 heteroatoms. The molecule has 0 spiro atoms. The van der Waals surface area contributed by atoms with Gasteiger partial charge in [-0.05, 0) is 63.1 Å². The summed E-state index contributed by atoms with van der Waals surface area (Å²) in [6.45, 7) is 10.7. The molecule has 0 amide bonds. The van der Waals surface area contributed by atoms with Crippen LogP contribution in [0, 0.1) is 13.8 Å². The van der Waals surface area contributed by atoms with Gasteiger partial charge in [0.15, 0.2) is 0 Å². The van der Waals surface area contributed by atoms with Gasteiger partial charge in [0.25, 0.3) is 5.01 Å². The van der Waals surface area contributed by atoms with Crippen LogP contribution in [0.5, 0.6) is 0 Å². The van der Waals surface area contributed by atoms with Gasteiger partial charge in [0.1, 0.15) is 11.2 Å². The number of thiazole rings is 1. The average molecular weight is 394 g/mol. The van der Waals surface area contributed by atoms with E-state index < -0.39 is 0 Å². The van der Waals surface area contributed by atoms with Crippen molar-refractivity contribution < 1.29 is 4.57 Å². The maximum Gasteiger partial charge on any atom is 0.262 e. The first-order valence-electron chi connectivity index (χ1n) is 9.48. The summed E-state index contributed by atoms with van der Waals surface area (Å²) in [5.74, 6) is 0. The molecule has 1 aromatic heterocycles. The van der Waals surface area contributed by atoms with Crippen molar-refractivity contribution in [1.82, 2.24) is 0 Å². The number of fused-ring (bicyclic) bond motifs is 2. The molecule has 0 atom stereocenters. The van der Waals surface area contributed by atoms with Crippen molar-refractivity contribution in [3.8, 4) is 0 Å². The van der Waals surface area contributed by atoms with Gasteiger partial charge in [-0.2, -0.15) is 4.57 Å². The summed E-state index contributed by atoms with van der Waals surface area (Å²) in [6, 6.07) is 13.4. The van der Waals surface area contributed by atoms with Gasteiger partial charge in [-0.3, -0.25) is 0 Å². The highest BCUT2D eigenvalue weighted by Gasteiger charge is 2.23. The molecule has 2 heterocycles. The summed E-state index contributed by atoms with van der Waals surface area (Å²) in [5, 5.41) is 2.60. The Morgan fingerprint density at radius 2 is 1.81 bits per heavy atom. The lowest BCUT2D eigenvalue weighted by Gasteiger charge is -2.17. The van der Waals surface area contributed by atoms with Crippen molar-refractivity contribution in [3.05, 3.63) is 69.7 Å². The van der Waals surface area contributed by atoms with E-state index in [4.69, 9.17) is 0 Å². The topological polar surface area (TPSA) is 7.12 Å². The van der Waals surface area contributed by atoms with Crippen molar-refractivity contribution in [2.75, 3.05) is 11.4 Å². The summed E-state index contributed by atoms with van der Waals surface area (Å²) in [6.07, 6.45) is 6.70. The first-order valence-corrected chi connectivity index (χ1v) is 11.1. The van der Waals surface area contributed by atoms with Crippen LogP contribution in [0.2, 0.25) is 0 Å². The van der Waals surface area contributed by atoms with Crippen LogP contribution >= 0.6 is 23.1 Å². The lowest BCUT2D eigenvalue weighted by molar-refractivity contribution is -0.665. The number of hydrogen-bond donors (Lipinski definition) is 0. The summed E-state index contributed by atoms with van der Waals surface area (Å²) in [4.78, 5) is 3.75. The third-order valence-electron chi connectivity index (χ3n) is 4.88. The predicted molar refractivity (Wildman–Crippen MR) is 120 cm³/mol. The molecule has 0 N–H and O–H groups in total. The Labute approximate surface area is 169 Å². The molecule has 1 aliphatic rings. The van der Waals surface area contributed by atoms with Gasteiger partial charge in [0, 0.05) is 23.6 Å². The van der Waals surface area contributed by atoms with E-state index >= 15 is 0 Å². The standard InChI is InChI=1S/C23H25N2S2/c1-5-24-18-14-16(3)10-12-20(18)26-22(24)8-7-9-23-25(6-2)19-15-17(4)11-13-21(19)27-23/h7-15H,5-6H2,1-4H3/q+1. The maximum atomic E-state index is 2.40. The van der Waals surface area contributed by atoms with Crippen molar-refractivity contribution >= 4 is 45.1 Å². The van der Waals surface area contributed by atoms with Crippen molar-refractivity contribution in [2.24, 2.45) is 0 Å². The van der Waals surface area contributed by atoms with Crippen molar-refractivity contribution in [1.29, 1.82) is 0 Å². The van der Waals surface area contributed by atoms with E-state index in [9.17, 15) is 0 Å². The SMILES string of the molecule is CCN1/C(=C/C=C/c2sc3ccc(C)cc3[n+]2CC)Sc2ccc(C)cc21. The van der Waals surface area contributed by atoms with E-state index in [2.05, 4.69) is 91.8 Å². The first-order chi connectivity index (χ1) is 13.1. The van der Waals surface area contributed by atoms with Gasteiger partial charge >= 0.3 is 0 Å². The summed E-state index contributed by atoms with van der Waals surface area (Å²) in [7, 11) is 0. The number of aryl methyl sites for hydroxylation is 3. The van der Waals surface area contributed by atoms with Crippen molar-refractivity contribution in [3.63, 3.8) is 0 Å². The van der Waals surface area contributed by atoms with Crippen LogP contribution in [-0.2, 0) is 6.54 Å². The molecule has 2 nitrogen and oxygen atoms in total. The van der Waals surface area contributed by atoms with Crippen LogP contribution in [0.25, 0.3) is 16.3 Å². The summed E-state index contributed by atoms with van der Waals surface area (Å²) in [5.41, 5.74) is 5.30. The molecule has 0 bridgehead atoms. The van der Waals surface area contributed by atoms with Crippen LogP contribution in [-0.4, -0.2) is 6.54 Å². The Hall–Kier alpha value is -2.04. The zero-order valence-corrected chi connectivity index (χ0v) is 18.0. The van der Waals surface area contributed by atoms with E-state index in [-0.39, 0.29) is 0 Å². The minimum absolute atomic E-state index is 0.986. The Morgan fingerprint density at radius 3 is 2.59 bits per heavy atom. The van der Waals surface area contributed by atoms with Crippen LogP contribution in [0.1, 0.15) is 30.0 Å². The Bertz CT molecular complexity index is 1060. The predicted octanol–water partition coefficient (Wildman–Crippen LogP) is 6.31. The van der Waals surface area contributed by atoms with E-state index in [0.717, 1.165) is 13.1 Å². The lowest BCUT2D eigenvalue weighted by atomic mass is 10.2. The molecule has 0 radical (unpaired) electrons. The Kier molecular flexibility index (Phi) is 5.11. The number of thioether (sulfide) groups is 1. The zero-order chi connectivity index (χ0) is 19.0. The van der Waals surface area contributed by atoms with Gasteiger partial charge in [-0.15, -0.1) is 0 Å². The number of nitrogens with zero attached hydrogens (tertiary/aromatic N) is 2. The fraction of sp³-hybridized carbons (Fsp3) is 0.261. The highest BCUT2D eigenvalue weighted by Crippen LogP contribution is 2.46. The van der Waals surface area contributed by atoms with Crippen LogP contribution in [0.4, 0.5) is 5.69 Å². The second kappa shape index (κ2) is 7.53. The molecule has 0 fully saturated rings. The molecule has 27 heavy (non-hydrogen) atoms. The monoisotopic (exact) mass is 393 g/mol. The largest absolute Gasteiger partial charge is 0.335 e. The third-order valence-corrected chi connectivity index (χ3v) is 7.14. The normalized spacial score (nSPS) is 15.4. The fourth-order valence-electron chi connectivity index (χ4n) is 3.54. The number of aromatic nitrogens is 1. The quantitative estimate of drug-likeness (QED) is 0.479. The van der Waals surface area contributed by atoms with Crippen LogP contribution in [0.3, 0.4) is 0 Å². The van der Waals surface area contributed by atoms with E-state index in [1.807, 2.05) is 23.1 Å². The number of benzene rings is 2. The molecule has 3 aromatic rings. The highest BCUT2D eigenvalue weighted by atomic mass is 32.2. The maximum absolute atomic E-state index is 2.40. The zero-order valence-electron chi connectivity index (χ0n) is 16.3. The molecule has 0 saturated heterocycles. The number of allylic oxidation sites excluding steroid dienone is 2. The van der Waals surface area contributed by atoms with Crippen LogP contribution < -0.4 is 9.47 Å². The smallest absolute Gasteiger partial charge is 0.262 e. The Balaban J connectivity index is 1.65. The molecular weight excluding hydrogens is 368 g/mol. The van der Waals surface area contributed by atoms with Gasteiger partial charge < -0.3 is 4.90 Å². The second-order valence-corrected chi connectivity index (χ2v) is 8.96. The minimum Gasteiger partial charge on any atom is -0.335 e. The van der Waals surface area contributed by atoms with E-state index in [0.29, 0.717) is 0 Å². The summed E-state index contributed by atoms with van der Waals surface area (Å²) >= 11 is 3.72. The van der Waals surface area contributed by atoms with Gasteiger partial charge in [-0.1, -0.05) is 41.3 Å². The van der Waals surface area contributed by atoms with E-state index in [1.54, 1.807) is 0 Å². The molecular formula is C23H25N2S2+. The molecule has 2 aromatic carbocycles. The average Bonchev–Trinajstić information content (AvgIpc) is 3.18. The fourth-order valence-corrected chi connectivity index (χ4v) is 5.77. The number of anilines is 1. The van der Waals surface area contributed by atoms with Crippen LogP contribution in [0.15, 0.2) is 58.5 Å². The highest BCUT2D eigenvalue weighted by molar-refractivity contribution is 8.03. The number of hydrogen-bond acceptors (Lipinski definition) is 3. The molecule has 0 unspecified atom stereocenters. The summed E-state index contributed by atoms with van der Waals surface area (Å²) < 4.78 is 3.75.